The maximum atomic E-state index is 5.80. The molecule has 0 aromatic carbocycles. The van der Waals surface area contributed by atoms with E-state index in [-0.39, 0.29) is 0 Å². The molecule has 3 nitrogen and oxygen atoms in total. The summed E-state index contributed by atoms with van der Waals surface area (Å²) in [5, 5.41) is 7.61. The summed E-state index contributed by atoms with van der Waals surface area (Å²) in [4.78, 5) is 0. The van der Waals surface area contributed by atoms with Crippen molar-refractivity contribution >= 4 is 0 Å². The first-order valence-electron chi connectivity index (χ1n) is 8.47. The van der Waals surface area contributed by atoms with Crippen molar-refractivity contribution in [2.24, 2.45) is 11.8 Å². The molecule has 5 unspecified atom stereocenters. The predicted octanol–water partition coefficient (Wildman–Crippen LogP) is 2.31. The van der Waals surface area contributed by atoms with Gasteiger partial charge in [0, 0.05) is 25.2 Å². The van der Waals surface area contributed by atoms with Crippen LogP contribution in [0.1, 0.15) is 51.9 Å². The van der Waals surface area contributed by atoms with Crippen molar-refractivity contribution in [3.05, 3.63) is 0 Å². The van der Waals surface area contributed by atoms with Crippen LogP contribution < -0.4 is 10.6 Å². The van der Waals surface area contributed by atoms with E-state index in [0.717, 1.165) is 30.5 Å². The van der Waals surface area contributed by atoms with Gasteiger partial charge in [0.2, 0.25) is 0 Å². The Kier molecular flexibility index (Phi) is 4.78. The van der Waals surface area contributed by atoms with Gasteiger partial charge in [-0.05, 0) is 56.9 Å². The van der Waals surface area contributed by atoms with E-state index in [4.69, 9.17) is 4.74 Å². The van der Waals surface area contributed by atoms with Crippen LogP contribution in [0.5, 0.6) is 0 Å². The van der Waals surface area contributed by atoms with Gasteiger partial charge in [-0.2, -0.15) is 0 Å². The molecule has 3 aliphatic rings. The fraction of sp³-hybridized carbons (Fsp3) is 1.00. The molecule has 3 heteroatoms. The van der Waals surface area contributed by atoms with Crippen LogP contribution in [-0.2, 0) is 4.74 Å². The Morgan fingerprint density at radius 3 is 2.89 bits per heavy atom. The lowest BCUT2D eigenvalue weighted by molar-refractivity contribution is 0.0860. The molecule has 2 aliphatic heterocycles. The van der Waals surface area contributed by atoms with Gasteiger partial charge in [0.25, 0.3) is 0 Å². The Labute approximate surface area is 117 Å². The lowest BCUT2D eigenvalue weighted by Gasteiger charge is -2.28. The summed E-state index contributed by atoms with van der Waals surface area (Å²) in [5.74, 6) is 1.63. The minimum absolute atomic E-state index is 0.511. The third-order valence-electron chi connectivity index (χ3n) is 5.58. The first kappa shape index (κ1) is 13.8. The van der Waals surface area contributed by atoms with Crippen LogP contribution in [0, 0.1) is 11.8 Å². The molecule has 0 aromatic rings. The van der Waals surface area contributed by atoms with Crippen molar-refractivity contribution in [3.8, 4) is 0 Å². The minimum atomic E-state index is 0.511. The predicted molar refractivity (Wildman–Crippen MR) is 78.3 cm³/mol. The molecule has 0 aromatic heterocycles. The highest BCUT2D eigenvalue weighted by atomic mass is 16.5. The molecule has 0 amide bonds. The first-order valence-corrected chi connectivity index (χ1v) is 8.47. The fourth-order valence-electron chi connectivity index (χ4n) is 4.48. The van der Waals surface area contributed by atoms with E-state index in [2.05, 4.69) is 17.6 Å². The van der Waals surface area contributed by atoms with Crippen LogP contribution in [0.2, 0.25) is 0 Å². The minimum Gasteiger partial charge on any atom is -0.378 e. The van der Waals surface area contributed by atoms with E-state index in [1.165, 1.54) is 58.0 Å². The van der Waals surface area contributed by atoms with Gasteiger partial charge in [-0.15, -0.1) is 0 Å². The first-order chi connectivity index (χ1) is 9.38. The fourth-order valence-corrected chi connectivity index (χ4v) is 4.48. The summed E-state index contributed by atoms with van der Waals surface area (Å²) in [6.07, 6.45) is 9.93. The molecule has 1 aliphatic carbocycles. The Morgan fingerprint density at radius 2 is 2.11 bits per heavy atom. The van der Waals surface area contributed by atoms with E-state index < -0.39 is 0 Å². The zero-order chi connectivity index (χ0) is 13.1. The lowest BCUT2D eigenvalue weighted by atomic mass is 9.92. The summed E-state index contributed by atoms with van der Waals surface area (Å²) in [6, 6.07) is 1.55. The van der Waals surface area contributed by atoms with Crippen LogP contribution in [0.3, 0.4) is 0 Å². The molecule has 2 saturated heterocycles. The molecule has 2 N–H and O–H groups in total. The van der Waals surface area contributed by atoms with Gasteiger partial charge in [-0.3, -0.25) is 0 Å². The van der Waals surface area contributed by atoms with Gasteiger partial charge < -0.3 is 15.4 Å². The van der Waals surface area contributed by atoms with Gasteiger partial charge >= 0.3 is 0 Å². The third kappa shape index (κ3) is 3.14. The quantitative estimate of drug-likeness (QED) is 0.801. The highest BCUT2D eigenvalue weighted by molar-refractivity contribution is 4.93. The maximum Gasteiger partial charge on any atom is 0.0613 e. The third-order valence-corrected chi connectivity index (χ3v) is 5.58. The van der Waals surface area contributed by atoms with E-state index in [1.807, 2.05) is 0 Å². The van der Waals surface area contributed by atoms with Crippen LogP contribution in [0.15, 0.2) is 0 Å². The van der Waals surface area contributed by atoms with Gasteiger partial charge in [0.1, 0.15) is 0 Å². The molecule has 0 bridgehead atoms. The molecular weight excluding hydrogens is 236 g/mol. The summed E-state index contributed by atoms with van der Waals surface area (Å²) in [7, 11) is 0. The molecule has 2 heterocycles. The zero-order valence-electron chi connectivity index (χ0n) is 12.4. The van der Waals surface area contributed by atoms with Crippen molar-refractivity contribution in [1.82, 2.24) is 10.6 Å². The number of ether oxygens (including phenoxy) is 1. The summed E-state index contributed by atoms with van der Waals surface area (Å²) in [6.45, 7) is 5.64. The second-order valence-corrected chi connectivity index (χ2v) is 6.68. The van der Waals surface area contributed by atoms with E-state index >= 15 is 0 Å². The summed E-state index contributed by atoms with van der Waals surface area (Å²) < 4.78 is 5.80. The van der Waals surface area contributed by atoms with Crippen LogP contribution in [0.4, 0.5) is 0 Å². The second-order valence-electron chi connectivity index (χ2n) is 6.68. The van der Waals surface area contributed by atoms with Gasteiger partial charge in [0.15, 0.2) is 0 Å². The average Bonchev–Trinajstić information content (AvgIpc) is 3.16. The monoisotopic (exact) mass is 266 g/mol. The Balaban J connectivity index is 1.48. The molecule has 3 rings (SSSR count). The van der Waals surface area contributed by atoms with E-state index in [9.17, 15) is 0 Å². The zero-order valence-corrected chi connectivity index (χ0v) is 12.4. The van der Waals surface area contributed by atoms with Crippen LogP contribution in [-0.4, -0.2) is 37.9 Å². The van der Waals surface area contributed by atoms with Crippen molar-refractivity contribution in [1.29, 1.82) is 0 Å². The number of rotatable bonds is 5. The van der Waals surface area contributed by atoms with Crippen molar-refractivity contribution in [2.75, 3.05) is 19.7 Å². The van der Waals surface area contributed by atoms with Gasteiger partial charge in [0.05, 0.1) is 6.10 Å². The SMILES string of the molecule is CCC1OCCC1CNC1CCCC1C1CCCN1. The molecule has 1 saturated carbocycles. The normalized spacial score (nSPS) is 43.1. The largest absolute Gasteiger partial charge is 0.378 e. The van der Waals surface area contributed by atoms with Gasteiger partial charge in [-0.25, -0.2) is 0 Å². The molecule has 0 radical (unpaired) electrons. The van der Waals surface area contributed by atoms with Crippen molar-refractivity contribution in [2.45, 2.75) is 70.1 Å². The summed E-state index contributed by atoms with van der Waals surface area (Å²) >= 11 is 0. The molecular formula is C16H30N2O. The van der Waals surface area contributed by atoms with E-state index in [0.29, 0.717) is 6.10 Å². The van der Waals surface area contributed by atoms with Crippen LogP contribution >= 0.6 is 0 Å². The highest BCUT2D eigenvalue weighted by Crippen LogP contribution is 2.32. The standard InChI is InChI=1S/C16H30N2O/c1-2-16-12(8-10-19-16)11-18-15-6-3-5-13(15)14-7-4-9-17-14/h12-18H,2-11H2,1H3. The molecule has 5 atom stereocenters. The number of nitrogens with one attached hydrogen (secondary N) is 2. The van der Waals surface area contributed by atoms with Crippen molar-refractivity contribution in [3.63, 3.8) is 0 Å². The van der Waals surface area contributed by atoms with Crippen LogP contribution in [0.25, 0.3) is 0 Å². The molecule has 19 heavy (non-hydrogen) atoms. The number of hydrogen-bond donors (Lipinski definition) is 2. The Hall–Kier alpha value is -0.120. The topological polar surface area (TPSA) is 33.3 Å². The number of hydrogen-bond acceptors (Lipinski definition) is 3. The van der Waals surface area contributed by atoms with E-state index in [1.54, 1.807) is 0 Å². The van der Waals surface area contributed by atoms with Crippen molar-refractivity contribution < 1.29 is 4.74 Å². The average molecular weight is 266 g/mol. The Bertz CT molecular complexity index is 278. The second kappa shape index (κ2) is 6.55. The highest BCUT2D eigenvalue weighted by Gasteiger charge is 2.35. The Morgan fingerprint density at radius 1 is 1.16 bits per heavy atom. The summed E-state index contributed by atoms with van der Waals surface area (Å²) in [5.41, 5.74) is 0. The molecule has 110 valence electrons. The van der Waals surface area contributed by atoms with Gasteiger partial charge in [-0.1, -0.05) is 13.3 Å². The molecule has 3 fully saturated rings. The molecule has 0 spiro atoms. The smallest absolute Gasteiger partial charge is 0.0613 e. The lowest BCUT2D eigenvalue weighted by Crippen LogP contribution is -2.44. The maximum absolute atomic E-state index is 5.80.